The molecule has 34 heavy (non-hydrogen) atoms. The van der Waals surface area contributed by atoms with E-state index in [1.165, 1.54) is 57.8 Å². The first-order valence-corrected chi connectivity index (χ1v) is 12.9. The van der Waals surface area contributed by atoms with Crippen molar-refractivity contribution in [3.8, 4) is 0 Å². The summed E-state index contributed by atoms with van der Waals surface area (Å²) in [5, 5.41) is 2.79. The summed E-state index contributed by atoms with van der Waals surface area (Å²) < 4.78 is 5.68. The lowest BCUT2D eigenvalue weighted by atomic mass is 9.86. The first-order chi connectivity index (χ1) is 16.5. The van der Waals surface area contributed by atoms with Gasteiger partial charge in [0.1, 0.15) is 11.3 Å². The highest BCUT2D eigenvalue weighted by Gasteiger charge is 2.36. The number of rotatable bonds is 17. The van der Waals surface area contributed by atoms with Gasteiger partial charge in [-0.15, -0.1) is 0 Å². The Labute approximate surface area is 205 Å². The SMILES string of the molecule is CCCCCCCCCCCCOCCCNC(=O)C1=C(N(C)C)C(=O)c2ccccc2C1=O. The van der Waals surface area contributed by atoms with Gasteiger partial charge in [-0.1, -0.05) is 89.0 Å². The molecule has 0 aromatic heterocycles. The number of fused-ring (bicyclic) bond motifs is 1. The molecule has 1 aromatic rings. The summed E-state index contributed by atoms with van der Waals surface area (Å²) in [7, 11) is 3.34. The van der Waals surface area contributed by atoms with Crippen LogP contribution in [0, 0.1) is 0 Å². The molecule has 1 amide bonds. The van der Waals surface area contributed by atoms with Gasteiger partial charge in [0.25, 0.3) is 5.91 Å². The topological polar surface area (TPSA) is 75.7 Å². The predicted octanol–water partition coefficient (Wildman–Crippen LogP) is 5.33. The van der Waals surface area contributed by atoms with Crippen LogP contribution < -0.4 is 5.32 Å². The Morgan fingerprint density at radius 1 is 0.794 bits per heavy atom. The van der Waals surface area contributed by atoms with Crippen LogP contribution in [0.1, 0.15) is 98.3 Å². The number of ketones is 2. The second-order valence-corrected chi connectivity index (χ2v) is 9.23. The number of hydrogen-bond donors (Lipinski definition) is 1. The number of nitrogens with one attached hydrogen (secondary N) is 1. The minimum absolute atomic E-state index is 0.0834. The van der Waals surface area contributed by atoms with Gasteiger partial charge in [-0.05, 0) is 12.8 Å². The summed E-state index contributed by atoms with van der Waals surface area (Å²) in [4.78, 5) is 40.2. The van der Waals surface area contributed by atoms with Gasteiger partial charge < -0.3 is 15.0 Å². The molecule has 1 aromatic carbocycles. The van der Waals surface area contributed by atoms with E-state index in [9.17, 15) is 14.4 Å². The fourth-order valence-corrected chi connectivity index (χ4v) is 4.26. The van der Waals surface area contributed by atoms with E-state index in [2.05, 4.69) is 12.2 Å². The second kappa shape index (κ2) is 15.4. The molecule has 6 heteroatoms. The third-order valence-corrected chi connectivity index (χ3v) is 6.16. The van der Waals surface area contributed by atoms with Gasteiger partial charge in [0, 0.05) is 45.0 Å². The van der Waals surface area contributed by atoms with Crippen molar-refractivity contribution in [3.05, 3.63) is 46.7 Å². The van der Waals surface area contributed by atoms with Crippen molar-refractivity contribution in [3.63, 3.8) is 0 Å². The Kier molecular flexibility index (Phi) is 12.6. The Hall–Kier alpha value is -2.47. The van der Waals surface area contributed by atoms with E-state index >= 15 is 0 Å². The highest BCUT2D eigenvalue weighted by atomic mass is 16.5. The molecule has 2 rings (SSSR count). The lowest BCUT2D eigenvalue weighted by molar-refractivity contribution is -0.117. The molecule has 0 bridgehead atoms. The standard InChI is InChI=1S/C28H42N2O4/c1-4-5-6-7-8-9-10-11-12-15-20-34-21-16-19-29-28(33)24-25(30(2)3)27(32)23-18-14-13-17-22(23)26(24)31/h13-14,17-18H,4-12,15-16,19-21H2,1-3H3,(H,29,33). The maximum atomic E-state index is 13.0. The number of carbonyl (C=O) groups excluding carboxylic acids is 3. The summed E-state index contributed by atoms with van der Waals surface area (Å²) in [6, 6.07) is 6.64. The predicted molar refractivity (Wildman–Crippen MR) is 136 cm³/mol. The van der Waals surface area contributed by atoms with Crippen LogP contribution in [-0.2, 0) is 9.53 Å². The van der Waals surface area contributed by atoms with Crippen LogP contribution in [0.25, 0.3) is 0 Å². The molecule has 1 N–H and O–H groups in total. The van der Waals surface area contributed by atoms with Crippen molar-refractivity contribution in [2.45, 2.75) is 77.6 Å². The van der Waals surface area contributed by atoms with Gasteiger partial charge in [0.15, 0.2) is 0 Å². The van der Waals surface area contributed by atoms with E-state index in [1.54, 1.807) is 43.3 Å². The zero-order valence-corrected chi connectivity index (χ0v) is 21.3. The first kappa shape index (κ1) is 27.8. The molecule has 0 atom stereocenters. The molecule has 0 fully saturated rings. The first-order valence-electron chi connectivity index (χ1n) is 12.9. The van der Waals surface area contributed by atoms with Gasteiger partial charge in [0.05, 0.1) is 0 Å². The monoisotopic (exact) mass is 470 g/mol. The van der Waals surface area contributed by atoms with Crippen LogP contribution in [0.3, 0.4) is 0 Å². The smallest absolute Gasteiger partial charge is 0.257 e. The van der Waals surface area contributed by atoms with Crippen LogP contribution >= 0.6 is 0 Å². The van der Waals surface area contributed by atoms with Crippen LogP contribution in [0.15, 0.2) is 35.5 Å². The number of carbonyl (C=O) groups is 3. The van der Waals surface area contributed by atoms with Crippen LogP contribution in [0.4, 0.5) is 0 Å². The maximum absolute atomic E-state index is 13.0. The third kappa shape index (κ3) is 8.39. The molecular formula is C28H42N2O4. The molecule has 1 aliphatic rings. The van der Waals surface area contributed by atoms with Crippen molar-refractivity contribution in [1.29, 1.82) is 0 Å². The largest absolute Gasteiger partial charge is 0.381 e. The Bertz CT molecular complexity index is 845. The van der Waals surface area contributed by atoms with Crippen molar-refractivity contribution < 1.29 is 19.1 Å². The highest BCUT2D eigenvalue weighted by Crippen LogP contribution is 2.27. The van der Waals surface area contributed by atoms with E-state index in [1.807, 2.05) is 0 Å². The Morgan fingerprint density at radius 3 is 1.91 bits per heavy atom. The average Bonchev–Trinajstić information content (AvgIpc) is 2.83. The fraction of sp³-hybridized carbons (Fsp3) is 0.607. The maximum Gasteiger partial charge on any atom is 0.257 e. The van der Waals surface area contributed by atoms with Crippen LogP contribution in [0.2, 0.25) is 0 Å². The molecule has 0 radical (unpaired) electrons. The van der Waals surface area contributed by atoms with E-state index in [0.29, 0.717) is 25.1 Å². The molecule has 6 nitrogen and oxygen atoms in total. The van der Waals surface area contributed by atoms with Gasteiger partial charge in [0.2, 0.25) is 11.6 Å². The Balaban J connectivity index is 1.63. The summed E-state index contributed by atoms with van der Waals surface area (Å²) in [5.41, 5.74) is 0.676. The zero-order valence-electron chi connectivity index (χ0n) is 21.3. The van der Waals surface area contributed by atoms with Crippen molar-refractivity contribution in [2.24, 2.45) is 0 Å². The van der Waals surface area contributed by atoms with Crippen LogP contribution in [0.5, 0.6) is 0 Å². The third-order valence-electron chi connectivity index (χ3n) is 6.16. The number of unbranched alkanes of at least 4 members (excludes halogenated alkanes) is 9. The number of ether oxygens (including phenoxy) is 1. The van der Waals surface area contributed by atoms with Crippen molar-refractivity contribution in [2.75, 3.05) is 33.9 Å². The summed E-state index contributed by atoms with van der Waals surface area (Å²) >= 11 is 0. The van der Waals surface area contributed by atoms with E-state index in [4.69, 9.17) is 4.74 Å². The number of amides is 1. The number of benzene rings is 1. The summed E-state index contributed by atoms with van der Waals surface area (Å²) in [6.45, 7) is 3.94. The minimum atomic E-state index is -0.508. The van der Waals surface area contributed by atoms with Crippen molar-refractivity contribution >= 4 is 17.5 Å². The zero-order chi connectivity index (χ0) is 24.8. The molecule has 0 aliphatic heterocycles. The second-order valence-electron chi connectivity index (χ2n) is 9.23. The highest BCUT2D eigenvalue weighted by molar-refractivity contribution is 6.36. The average molecular weight is 471 g/mol. The number of hydrogen-bond acceptors (Lipinski definition) is 5. The minimum Gasteiger partial charge on any atom is -0.381 e. The molecular weight excluding hydrogens is 428 g/mol. The molecule has 0 unspecified atom stereocenters. The molecule has 0 saturated carbocycles. The molecule has 0 heterocycles. The number of allylic oxidation sites excluding steroid dienone is 1. The summed E-state index contributed by atoms with van der Waals surface area (Å²) in [5.74, 6) is -1.22. The molecule has 0 spiro atoms. The quantitative estimate of drug-likeness (QED) is 0.246. The number of nitrogens with zero attached hydrogens (tertiary/aromatic N) is 1. The summed E-state index contributed by atoms with van der Waals surface area (Å²) in [6.07, 6.45) is 13.6. The van der Waals surface area contributed by atoms with Crippen LogP contribution in [-0.4, -0.2) is 56.2 Å². The molecule has 1 aliphatic carbocycles. The molecule has 188 valence electrons. The fourth-order valence-electron chi connectivity index (χ4n) is 4.26. The van der Waals surface area contributed by atoms with E-state index in [0.717, 1.165) is 13.0 Å². The number of Topliss-reactive ketones (excluding diaryl/α,β-unsaturated/α-hetero) is 2. The van der Waals surface area contributed by atoms with E-state index < -0.39 is 11.7 Å². The number of likely N-dealkylation sites (N-methyl/N-ethyl adjacent to an activating group) is 1. The van der Waals surface area contributed by atoms with Gasteiger partial charge >= 0.3 is 0 Å². The van der Waals surface area contributed by atoms with Gasteiger partial charge in [-0.2, -0.15) is 0 Å². The lowest BCUT2D eigenvalue weighted by Crippen LogP contribution is -2.38. The van der Waals surface area contributed by atoms with Gasteiger partial charge in [-0.3, -0.25) is 14.4 Å². The van der Waals surface area contributed by atoms with E-state index in [-0.39, 0.29) is 22.6 Å². The molecule has 0 saturated heterocycles. The normalized spacial score (nSPS) is 13.3. The lowest BCUT2D eigenvalue weighted by Gasteiger charge is -2.25. The van der Waals surface area contributed by atoms with Gasteiger partial charge in [-0.25, -0.2) is 0 Å². The van der Waals surface area contributed by atoms with Crippen molar-refractivity contribution in [1.82, 2.24) is 10.2 Å². The Morgan fingerprint density at radius 2 is 1.32 bits per heavy atom.